The van der Waals surface area contributed by atoms with Crippen LogP contribution in [-0.2, 0) is 9.47 Å². The number of carbonyl (C=O) groups is 1. The summed E-state index contributed by atoms with van der Waals surface area (Å²) in [6.07, 6.45) is 1.35. The molecule has 3 aromatic rings. The zero-order valence-electron chi connectivity index (χ0n) is 17.5. The van der Waals surface area contributed by atoms with Crippen LogP contribution in [0.2, 0.25) is 0 Å². The largest absolute Gasteiger partial charge is 0.351 e. The Morgan fingerprint density at radius 2 is 1.76 bits per heavy atom. The summed E-state index contributed by atoms with van der Waals surface area (Å²) in [5.74, 6) is 0.321. The van der Waals surface area contributed by atoms with Gasteiger partial charge in [0.1, 0.15) is 6.33 Å². The molecule has 0 bridgehead atoms. The maximum absolute atomic E-state index is 12.5. The third-order valence-electron chi connectivity index (χ3n) is 4.78. The van der Waals surface area contributed by atoms with E-state index in [1.54, 1.807) is 12.4 Å². The highest BCUT2D eigenvalue weighted by atomic mass is 16.7. The first kappa shape index (κ1) is 21.0. The molecule has 1 amide bonds. The second-order valence-corrected chi connectivity index (χ2v) is 7.11. The minimum absolute atomic E-state index is 0.174. The number of hydrogen-bond donors (Lipinski definition) is 1. The van der Waals surface area contributed by atoms with E-state index in [0.717, 1.165) is 16.7 Å². The molecule has 2 aromatic carbocycles. The van der Waals surface area contributed by atoms with Gasteiger partial charge < -0.3 is 14.8 Å². The molecule has 1 heterocycles. The van der Waals surface area contributed by atoms with Crippen LogP contribution in [0.3, 0.4) is 0 Å². The lowest BCUT2D eigenvalue weighted by atomic mass is 10.0. The Kier molecular flexibility index (Phi) is 7.01. The van der Waals surface area contributed by atoms with Gasteiger partial charge in [0, 0.05) is 24.5 Å². The van der Waals surface area contributed by atoms with Crippen molar-refractivity contribution in [2.45, 2.75) is 39.9 Å². The van der Waals surface area contributed by atoms with Crippen LogP contribution in [0.4, 0.5) is 0 Å². The Morgan fingerprint density at radius 1 is 1.07 bits per heavy atom. The summed E-state index contributed by atoms with van der Waals surface area (Å²) in [5, 5.41) is 2.87. The van der Waals surface area contributed by atoms with Crippen LogP contribution in [0.1, 0.15) is 49.5 Å². The second kappa shape index (κ2) is 9.67. The Labute approximate surface area is 171 Å². The standard InChI is InChI=1S/C23H29N3O3/c1-5-28-22(29-6-2)14-24-23(27)18-9-12-21-20(13-18)25-15-26(21)19-10-7-17(8-11-19)16(3)4/h7-13,15-16,22H,5-6,14H2,1-4H3,(H,24,27). The van der Waals surface area contributed by atoms with Gasteiger partial charge >= 0.3 is 0 Å². The lowest BCUT2D eigenvalue weighted by Gasteiger charge is -2.17. The van der Waals surface area contributed by atoms with Crippen LogP contribution in [0.25, 0.3) is 16.7 Å². The highest BCUT2D eigenvalue weighted by Gasteiger charge is 2.13. The average Bonchev–Trinajstić information content (AvgIpc) is 3.15. The smallest absolute Gasteiger partial charge is 0.251 e. The van der Waals surface area contributed by atoms with Crippen molar-refractivity contribution in [3.63, 3.8) is 0 Å². The molecule has 1 aromatic heterocycles. The van der Waals surface area contributed by atoms with Crippen molar-refractivity contribution in [2.24, 2.45) is 0 Å². The van der Waals surface area contributed by atoms with Gasteiger partial charge in [-0.1, -0.05) is 26.0 Å². The van der Waals surface area contributed by atoms with Crippen molar-refractivity contribution < 1.29 is 14.3 Å². The number of ether oxygens (including phenoxy) is 2. The zero-order valence-corrected chi connectivity index (χ0v) is 17.5. The van der Waals surface area contributed by atoms with Crippen molar-refractivity contribution in [3.05, 3.63) is 59.9 Å². The van der Waals surface area contributed by atoms with Crippen molar-refractivity contribution in [3.8, 4) is 5.69 Å². The maximum Gasteiger partial charge on any atom is 0.251 e. The molecule has 29 heavy (non-hydrogen) atoms. The molecule has 1 N–H and O–H groups in total. The van der Waals surface area contributed by atoms with E-state index in [1.807, 2.05) is 30.5 Å². The number of amides is 1. The van der Waals surface area contributed by atoms with Gasteiger partial charge in [0.25, 0.3) is 5.91 Å². The summed E-state index contributed by atoms with van der Waals surface area (Å²) >= 11 is 0. The molecule has 6 heteroatoms. The first-order chi connectivity index (χ1) is 14.0. The van der Waals surface area contributed by atoms with Gasteiger partial charge in [-0.05, 0) is 55.7 Å². The molecule has 0 spiro atoms. The minimum atomic E-state index is -0.439. The van der Waals surface area contributed by atoms with E-state index in [1.165, 1.54) is 5.56 Å². The van der Waals surface area contributed by atoms with Gasteiger partial charge in [-0.15, -0.1) is 0 Å². The first-order valence-electron chi connectivity index (χ1n) is 10.1. The summed E-state index contributed by atoms with van der Waals surface area (Å²) < 4.78 is 13.0. The van der Waals surface area contributed by atoms with Gasteiger partial charge in [-0.2, -0.15) is 0 Å². The normalized spacial score (nSPS) is 11.5. The van der Waals surface area contributed by atoms with E-state index < -0.39 is 6.29 Å². The van der Waals surface area contributed by atoms with E-state index >= 15 is 0 Å². The molecule has 0 aliphatic carbocycles. The molecule has 0 aliphatic rings. The predicted octanol–water partition coefficient (Wildman–Crippen LogP) is 4.28. The predicted molar refractivity (Wildman–Crippen MR) is 115 cm³/mol. The number of fused-ring (bicyclic) bond motifs is 1. The molecule has 0 atom stereocenters. The Bertz CT molecular complexity index is 942. The third-order valence-corrected chi connectivity index (χ3v) is 4.78. The van der Waals surface area contributed by atoms with Gasteiger partial charge in [0.15, 0.2) is 6.29 Å². The number of rotatable bonds is 9. The van der Waals surface area contributed by atoms with Gasteiger partial charge in [0.2, 0.25) is 0 Å². The summed E-state index contributed by atoms with van der Waals surface area (Å²) in [5.41, 5.74) is 4.64. The Morgan fingerprint density at radius 3 is 2.38 bits per heavy atom. The van der Waals surface area contributed by atoms with E-state index in [0.29, 0.717) is 31.2 Å². The number of benzene rings is 2. The molecule has 0 radical (unpaired) electrons. The fraction of sp³-hybridized carbons (Fsp3) is 0.391. The maximum atomic E-state index is 12.5. The third kappa shape index (κ3) is 5.02. The number of hydrogen-bond acceptors (Lipinski definition) is 4. The van der Waals surface area contributed by atoms with Gasteiger partial charge in [0.05, 0.1) is 17.6 Å². The quantitative estimate of drug-likeness (QED) is 0.549. The molecule has 0 aliphatic heterocycles. The number of nitrogens with zero attached hydrogens (tertiary/aromatic N) is 2. The van der Waals surface area contributed by atoms with E-state index in [2.05, 4.69) is 48.4 Å². The Balaban J connectivity index is 1.75. The van der Waals surface area contributed by atoms with Crippen molar-refractivity contribution >= 4 is 16.9 Å². The van der Waals surface area contributed by atoms with Crippen LogP contribution < -0.4 is 5.32 Å². The second-order valence-electron chi connectivity index (χ2n) is 7.11. The SMILES string of the molecule is CCOC(CNC(=O)c1ccc2c(c1)ncn2-c1ccc(C(C)C)cc1)OCC. The molecule has 6 nitrogen and oxygen atoms in total. The highest BCUT2D eigenvalue weighted by molar-refractivity contribution is 5.97. The number of aromatic nitrogens is 2. The van der Waals surface area contributed by atoms with Crippen molar-refractivity contribution in [1.29, 1.82) is 0 Å². The minimum Gasteiger partial charge on any atom is -0.351 e. The zero-order chi connectivity index (χ0) is 20.8. The van der Waals surface area contributed by atoms with Crippen LogP contribution >= 0.6 is 0 Å². The number of carbonyl (C=O) groups excluding carboxylic acids is 1. The molecule has 154 valence electrons. The molecule has 0 unspecified atom stereocenters. The monoisotopic (exact) mass is 395 g/mol. The molecule has 0 saturated carbocycles. The van der Waals surface area contributed by atoms with Crippen LogP contribution in [-0.4, -0.2) is 41.5 Å². The van der Waals surface area contributed by atoms with Crippen molar-refractivity contribution in [1.82, 2.24) is 14.9 Å². The Hall–Kier alpha value is -2.70. The fourth-order valence-electron chi connectivity index (χ4n) is 3.20. The molecular formula is C23H29N3O3. The van der Waals surface area contributed by atoms with E-state index in [4.69, 9.17) is 9.47 Å². The number of nitrogens with one attached hydrogen (secondary N) is 1. The lowest BCUT2D eigenvalue weighted by Crippen LogP contribution is -2.35. The average molecular weight is 396 g/mol. The van der Waals surface area contributed by atoms with E-state index in [9.17, 15) is 4.79 Å². The summed E-state index contributed by atoms with van der Waals surface area (Å²) in [7, 11) is 0. The molecule has 3 rings (SSSR count). The van der Waals surface area contributed by atoms with E-state index in [-0.39, 0.29) is 5.91 Å². The summed E-state index contributed by atoms with van der Waals surface area (Å²) in [6, 6.07) is 14.0. The van der Waals surface area contributed by atoms with Gasteiger partial charge in [-0.25, -0.2) is 4.98 Å². The van der Waals surface area contributed by atoms with Crippen LogP contribution in [0.15, 0.2) is 48.8 Å². The molecule has 0 fully saturated rings. The molecular weight excluding hydrogens is 366 g/mol. The topological polar surface area (TPSA) is 65.4 Å². The van der Waals surface area contributed by atoms with Crippen LogP contribution in [0.5, 0.6) is 0 Å². The molecule has 0 saturated heterocycles. The fourth-order valence-corrected chi connectivity index (χ4v) is 3.20. The highest BCUT2D eigenvalue weighted by Crippen LogP contribution is 2.22. The van der Waals surface area contributed by atoms with Crippen LogP contribution in [0, 0.1) is 0 Å². The van der Waals surface area contributed by atoms with Gasteiger partial charge in [-0.3, -0.25) is 9.36 Å². The summed E-state index contributed by atoms with van der Waals surface area (Å²) in [4.78, 5) is 17.0. The van der Waals surface area contributed by atoms with Crippen molar-refractivity contribution in [2.75, 3.05) is 19.8 Å². The first-order valence-corrected chi connectivity index (χ1v) is 10.1. The summed E-state index contributed by atoms with van der Waals surface area (Å²) in [6.45, 7) is 9.51. The lowest BCUT2D eigenvalue weighted by molar-refractivity contribution is -0.131. The number of imidazole rings is 1.